The summed E-state index contributed by atoms with van der Waals surface area (Å²) in [5.74, 6) is 0.969. The minimum Gasteiger partial charge on any atom is -0.376 e. The zero-order valence-corrected chi connectivity index (χ0v) is 8.72. The molecule has 0 aromatic carbocycles. The van der Waals surface area contributed by atoms with Crippen LogP contribution in [-0.4, -0.2) is 21.2 Å². The second-order valence-corrected chi connectivity index (χ2v) is 3.96. The van der Waals surface area contributed by atoms with Crippen LogP contribution in [0.25, 0.3) is 0 Å². The number of aromatic nitrogens is 1. The number of hydrogen-bond donors (Lipinski definition) is 1. The van der Waals surface area contributed by atoms with Gasteiger partial charge in [0.2, 0.25) is 0 Å². The average Bonchev–Trinajstić information content (AvgIpc) is 3.01. The Morgan fingerprint density at radius 3 is 3.20 bits per heavy atom. The normalized spacial score (nSPS) is 21.5. The fourth-order valence-corrected chi connectivity index (χ4v) is 2.13. The lowest BCUT2D eigenvalue weighted by Crippen LogP contribution is -2.43. The minimum atomic E-state index is 0.837. The molecule has 0 saturated heterocycles. The van der Waals surface area contributed by atoms with E-state index in [9.17, 15) is 0 Å². The van der Waals surface area contributed by atoms with Crippen LogP contribution in [0, 0.1) is 0 Å². The molecule has 0 saturated carbocycles. The van der Waals surface area contributed by atoms with Crippen LogP contribution >= 0.6 is 11.9 Å². The zero-order chi connectivity index (χ0) is 10.1. The van der Waals surface area contributed by atoms with E-state index in [0.29, 0.717) is 0 Å². The summed E-state index contributed by atoms with van der Waals surface area (Å²) in [7, 11) is 0. The van der Waals surface area contributed by atoms with Crippen molar-refractivity contribution in [2.75, 3.05) is 11.6 Å². The molecule has 0 spiro atoms. The molecule has 0 atom stereocenters. The van der Waals surface area contributed by atoms with Gasteiger partial charge in [-0.15, -0.1) is 4.41 Å². The summed E-state index contributed by atoms with van der Waals surface area (Å²) in [5.41, 5.74) is 0. The van der Waals surface area contributed by atoms with E-state index < -0.39 is 0 Å². The Balaban J connectivity index is 1.79. The second kappa shape index (κ2) is 3.65. The van der Waals surface area contributed by atoms with Crippen molar-refractivity contribution in [3.05, 3.63) is 42.3 Å². The number of anilines is 1. The first-order chi connectivity index (χ1) is 7.45. The highest BCUT2D eigenvalue weighted by atomic mass is 32.2. The van der Waals surface area contributed by atoms with E-state index in [1.165, 1.54) is 0 Å². The van der Waals surface area contributed by atoms with E-state index >= 15 is 0 Å². The molecule has 5 nitrogen and oxygen atoms in total. The standard InChI is InChI=1S/C9H10N4OS/c1-3-9(10-4-1)11-6-7-14-13(11)12-5-2-8-15-12/h1-4,6-8,10H,5H2. The maximum atomic E-state index is 5.40. The number of nitrogens with zero attached hydrogens (tertiary/aromatic N) is 3. The van der Waals surface area contributed by atoms with Crippen molar-refractivity contribution in [2.45, 2.75) is 0 Å². The predicted octanol–water partition coefficient (Wildman–Crippen LogP) is 1.85. The third-order valence-corrected chi connectivity index (χ3v) is 2.95. The van der Waals surface area contributed by atoms with Crippen molar-refractivity contribution in [1.29, 1.82) is 0 Å². The van der Waals surface area contributed by atoms with Crippen molar-refractivity contribution in [3.63, 3.8) is 0 Å². The lowest BCUT2D eigenvalue weighted by atomic mass is 10.6. The molecule has 0 fully saturated rings. The lowest BCUT2D eigenvalue weighted by Gasteiger charge is -2.30. The van der Waals surface area contributed by atoms with Gasteiger partial charge in [-0.1, -0.05) is 6.08 Å². The van der Waals surface area contributed by atoms with Crippen LogP contribution in [0.3, 0.4) is 0 Å². The average molecular weight is 222 g/mol. The molecule has 0 radical (unpaired) electrons. The van der Waals surface area contributed by atoms with Gasteiger partial charge in [0.1, 0.15) is 12.1 Å². The molecule has 2 aliphatic heterocycles. The van der Waals surface area contributed by atoms with Crippen molar-refractivity contribution in [2.24, 2.45) is 0 Å². The van der Waals surface area contributed by atoms with Crippen LogP contribution < -0.4 is 5.01 Å². The molecule has 1 aromatic heterocycles. The summed E-state index contributed by atoms with van der Waals surface area (Å²) < 4.78 is 2.00. The molecule has 2 aliphatic rings. The van der Waals surface area contributed by atoms with Gasteiger partial charge in [-0.25, -0.2) is 5.01 Å². The summed E-state index contributed by atoms with van der Waals surface area (Å²) in [6, 6.07) is 3.94. The number of rotatable bonds is 2. The molecule has 1 N–H and O–H groups in total. The van der Waals surface area contributed by atoms with Crippen LogP contribution in [0.15, 0.2) is 42.3 Å². The number of aromatic amines is 1. The molecule has 0 amide bonds. The van der Waals surface area contributed by atoms with Gasteiger partial charge < -0.3 is 9.82 Å². The highest BCUT2D eigenvalue weighted by Crippen LogP contribution is 2.28. The number of hydrogen-bond acceptors (Lipinski definition) is 5. The van der Waals surface area contributed by atoms with E-state index in [0.717, 1.165) is 12.4 Å². The summed E-state index contributed by atoms with van der Waals surface area (Å²) in [6.07, 6.45) is 7.48. The third kappa shape index (κ3) is 1.52. The SMILES string of the molecule is C1=CSN(N2OC=CN2c2ccc[nH]2)C1. The van der Waals surface area contributed by atoms with Crippen LogP contribution in [0.5, 0.6) is 0 Å². The molecule has 1 aromatic rings. The lowest BCUT2D eigenvalue weighted by molar-refractivity contribution is -0.187. The monoisotopic (exact) mass is 222 g/mol. The molecule has 6 heteroatoms. The summed E-state index contributed by atoms with van der Waals surface area (Å²) in [6.45, 7) is 0.837. The first-order valence-electron chi connectivity index (χ1n) is 4.60. The maximum absolute atomic E-state index is 5.40. The Morgan fingerprint density at radius 1 is 1.47 bits per heavy atom. The minimum absolute atomic E-state index is 0.837. The number of H-pyrrole nitrogens is 1. The fraction of sp³-hybridized carbons (Fsp3) is 0.111. The van der Waals surface area contributed by atoms with Crippen LogP contribution in [0.1, 0.15) is 0 Å². The van der Waals surface area contributed by atoms with Crippen molar-refractivity contribution in [1.82, 2.24) is 14.7 Å². The highest BCUT2D eigenvalue weighted by Gasteiger charge is 2.28. The van der Waals surface area contributed by atoms with Gasteiger partial charge in [0, 0.05) is 18.0 Å². The summed E-state index contributed by atoms with van der Waals surface area (Å²) in [5, 5.41) is 5.64. The van der Waals surface area contributed by atoms with Gasteiger partial charge in [0.05, 0.1) is 6.20 Å². The van der Waals surface area contributed by atoms with Crippen LogP contribution in [0.2, 0.25) is 0 Å². The van der Waals surface area contributed by atoms with Crippen molar-refractivity contribution in [3.8, 4) is 0 Å². The Kier molecular flexibility index (Phi) is 2.17. The smallest absolute Gasteiger partial charge is 0.133 e. The van der Waals surface area contributed by atoms with Crippen LogP contribution in [0.4, 0.5) is 5.82 Å². The molecule has 15 heavy (non-hydrogen) atoms. The molecule has 3 heterocycles. The largest absolute Gasteiger partial charge is 0.376 e. The second-order valence-electron chi connectivity index (χ2n) is 3.06. The molecular formula is C9H10N4OS. The maximum Gasteiger partial charge on any atom is 0.133 e. The molecule has 0 bridgehead atoms. The van der Waals surface area contributed by atoms with Crippen molar-refractivity contribution < 1.29 is 4.84 Å². The van der Waals surface area contributed by atoms with Crippen molar-refractivity contribution >= 4 is 17.8 Å². The fourth-order valence-electron chi connectivity index (χ4n) is 1.44. The summed E-state index contributed by atoms with van der Waals surface area (Å²) in [4.78, 5) is 8.53. The van der Waals surface area contributed by atoms with Gasteiger partial charge in [-0.05, 0) is 29.5 Å². The first kappa shape index (κ1) is 8.90. The van der Waals surface area contributed by atoms with E-state index in [1.54, 1.807) is 23.5 Å². The zero-order valence-electron chi connectivity index (χ0n) is 7.91. The van der Waals surface area contributed by atoms with E-state index in [2.05, 4.69) is 11.1 Å². The molecule has 78 valence electrons. The van der Waals surface area contributed by atoms with Gasteiger partial charge in [-0.2, -0.15) is 0 Å². The van der Waals surface area contributed by atoms with E-state index in [4.69, 9.17) is 4.84 Å². The molecule has 0 aliphatic carbocycles. The Labute approximate surface area is 91.6 Å². The van der Waals surface area contributed by atoms with Gasteiger partial charge in [0.15, 0.2) is 0 Å². The molecule has 3 rings (SSSR count). The van der Waals surface area contributed by atoms with Gasteiger partial charge >= 0.3 is 0 Å². The Hall–Kier alpha value is -1.37. The van der Waals surface area contributed by atoms with Gasteiger partial charge in [0.25, 0.3) is 0 Å². The third-order valence-electron chi connectivity index (χ3n) is 2.10. The van der Waals surface area contributed by atoms with Gasteiger partial charge in [-0.3, -0.25) is 0 Å². The topological polar surface area (TPSA) is 34.7 Å². The van der Waals surface area contributed by atoms with E-state index in [1.807, 2.05) is 39.4 Å². The molecular weight excluding hydrogens is 212 g/mol. The number of nitrogens with one attached hydrogen (secondary N) is 1. The number of hydrazine groups is 2. The first-order valence-corrected chi connectivity index (χ1v) is 5.44. The highest BCUT2D eigenvalue weighted by molar-refractivity contribution is 8.00. The predicted molar refractivity (Wildman–Crippen MR) is 58.8 cm³/mol. The quantitative estimate of drug-likeness (QED) is 0.772. The summed E-state index contributed by atoms with van der Waals surface area (Å²) >= 11 is 1.60. The molecule has 0 unspecified atom stereocenters. The van der Waals surface area contributed by atoms with Crippen LogP contribution in [-0.2, 0) is 4.84 Å². The van der Waals surface area contributed by atoms with E-state index in [-0.39, 0.29) is 0 Å². The Bertz CT molecular complexity index is 381. The Morgan fingerprint density at radius 2 is 2.47 bits per heavy atom.